The molecule has 1 aliphatic rings. The summed E-state index contributed by atoms with van der Waals surface area (Å²) in [6.07, 6.45) is 3.74. The van der Waals surface area contributed by atoms with Gasteiger partial charge in [-0.05, 0) is 11.8 Å². The van der Waals surface area contributed by atoms with Crippen molar-refractivity contribution in [1.82, 2.24) is 0 Å². The van der Waals surface area contributed by atoms with E-state index in [4.69, 9.17) is 0 Å². The minimum Gasteiger partial charge on any atom is -0.481 e. The topological polar surface area (TPSA) is 74.6 Å². The van der Waals surface area contributed by atoms with Crippen LogP contribution in [0.1, 0.15) is 34.1 Å². The summed E-state index contributed by atoms with van der Waals surface area (Å²) in [5.41, 5.74) is -2.79. The number of carboxylic acid groups (broad SMARTS) is 2. The molecule has 1 aliphatic carbocycles. The Morgan fingerprint density at radius 3 is 1.82 bits per heavy atom. The van der Waals surface area contributed by atoms with Gasteiger partial charge in [-0.1, -0.05) is 135 Å². The first-order chi connectivity index (χ1) is 12.5. The van der Waals surface area contributed by atoms with Crippen LogP contribution in [0.15, 0.2) is 12.2 Å². The fraction of sp³-hybridized carbons (Fsp3) is 0.778. The zero-order chi connectivity index (χ0) is 22.3. The van der Waals surface area contributed by atoms with Gasteiger partial charge in [0.15, 0.2) is 0 Å². The molecule has 2 N–H and O–H groups in total. The summed E-state index contributed by atoms with van der Waals surface area (Å²) in [4.78, 5) is 25.4. The minimum absolute atomic E-state index is 0.410. The molecule has 0 amide bonds. The molecule has 4 nitrogen and oxygen atoms in total. The Kier molecular flexibility index (Phi) is 9.07. The Hall–Kier alpha value is 1.56. The molecule has 3 unspecified atom stereocenters. The van der Waals surface area contributed by atoms with Crippen LogP contribution in [0.4, 0.5) is 0 Å². The Labute approximate surface area is 216 Å². The lowest BCUT2D eigenvalue weighted by molar-refractivity contribution is -0.165. The summed E-state index contributed by atoms with van der Waals surface area (Å²) < 4.78 is -2.05. The summed E-state index contributed by atoms with van der Waals surface area (Å²) >= 11 is 21.6. The van der Waals surface area contributed by atoms with E-state index in [1.54, 1.807) is 6.08 Å². The second-order valence-corrected chi connectivity index (χ2v) is 16.6. The maximum absolute atomic E-state index is 12.8. The maximum atomic E-state index is 12.8. The third-order valence-corrected chi connectivity index (χ3v) is 15.3. The van der Waals surface area contributed by atoms with Gasteiger partial charge in [0.25, 0.3) is 0 Å². The van der Waals surface area contributed by atoms with E-state index in [0.717, 1.165) is 0 Å². The standard InChI is InChI=1S/C18H24Br6O4/c1-14(2,8-19)17(21,22)10-6-5-7-16(13(27)28,11(10)12(25)26)18(23,24)15(3,4)9-20/h5,7,10-11H,6,8-9H2,1-4H3,(H,25,26)(H,27,28). The van der Waals surface area contributed by atoms with Gasteiger partial charge in [-0.2, -0.15) is 0 Å². The lowest BCUT2D eigenvalue weighted by Crippen LogP contribution is -2.63. The Morgan fingerprint density at radius 2 is 1.46 bits per heavy atom. The first-order valence-corrected chi connectivity index (χ1v) is 13.9. The van der Waals surface area contributed by atoms with Crippen LogP contribution in [0.3, 0.4) is 0 Å². The van der Waals surface area contributed by atoms with Gasteiger partial charge in [-0.15, -0.1) is 0 Å². The number of hydrogen-bond donors (Lipinski definition) is 2. The molecular formula is C18H24Br6O4. The second kappa shape index (κ2) is 9.20. The summed E-state index contributed by atoms with van der Waals surface area (Å²) in [6.45, 7) is 7.74. The smallest absolute Gasteiger partial charge is 0.316 e. The number of rotatable bonds is 8. The number of allylic oxidation sites excluding steroid dienone is 1. The van der Waals surface area contributed by atoms with Crippen LogP contribution < -0.4 is 0 Å². The van der Waals surface area contributed by atoms with Crippen molar-refractivity contribution in [2.75, 3.05) is 10.7 Å². The quantitative estimate of drug-likeness (QED) is 0.203. The number of hydrogen-bond acceptors (Lipinski definition) is 2. The molecule has 0 aliphatic heterocycles. The zero-order valence-corrected chi connectivity index (χ0v) is 25.4. The van der Waals surface area contributed by atoms with Crippen molar-refractivity contribution in [1.29, 1.82) is 0 Å². The van der Waals surface area contributed by atoms with E-state index < -0.39 is 46.5 Å². The predicted molar refractivity (Wildman–Crippen MR) is 135 cm³/mol. The van der Waals surface area contributed by atoms with Crippen molar-refractivity contribution < 1.29 is 19.8 Å². The highest BCUT2D eigenvalue weighted by Gasteiger charge is 2.69. The summed E-state index contributed by atoms with van der Waals surface area (Å²) in [5, 5.41) is 21.8. The van der Waals surface area contributed by atoms with E-state index in [-0.39, 0.29) is 0 Å². The highest BCUT2D eigenvalue weighted by Crippen LogP contribution is 2.66. The van der Waals surface area contributed by atoms with E-state index in [1.165, 1.54) is 6.08 Å². The van der Waals surface area contributed by atoms with Gasteiger partial charge in [0, 0.05) is 22.0 Å². The predicted octanol–water partition coefficient (Wildman–Crippen LogP) is 7.15. The molecular weight excluding hydrogens is 760 g/mol. The summed E-state index contributed by atoms with van der Waals surface area (Å²) in [6, 6.07) is 0. The molecule has 10 heteroatoms. The van der Waals surface area contributed by atoms with Gasteiger partial charge in [0.2, 0.25) is 0 Å². The van der Waals surface area contributed by atoms with E-state index >= 15 is 0 Å². The Bertz CT molecular complexity index is 658. The average molecular weight is 784 g/mol. The number of carboxylic acids is 2. The third kappa shape index (κ3) is 4.26. The Balaban J connectivity index is 3.85. The number of alkyl halides is 6. The molecule has 0 aromatic heterocycles. The molecule has 0 fully saturated rings. The third-order valence-electron chi connectivity index (χ3n) is 5.69. The molecule has 0 aromatic carbocycles. The fourth-order valence-electron chi connectivity index (χ4n) is 3.56. The van der Waals surface area contributed by atoms with Gasteiger partial charge in [-0.25, -0.2) is 0 Å². The van der Waals surface area contributed by atoms with Gasteiger partial charge in [0.05, 0.1) is 9.15 Å². The maximum Gasteiger partial charge on any atom is 0.316 e. The minimum atomic E-state index is -1.74. The van der Waals surface area contributed by atoms with Crippen LogP contribution in [0, 0.1) is 28.1 Å². The Morgan fingerprint density at radius 1 is 1.00 bits per heavy atom. The van der Waals surface area contributed by atoms with Gasteiger partial charge in [0.1, 0.15) is 8.65 Å². The monoisotopic (exact) mass is 778 g/mol. The molecule has 0 spiro atoms. The molecule has 28 heavy (non-hydrogen) atoms. The van der Waals surface area contributed by atoms with E-state index in [0.29, 0.717) is 17.1 Å². The fourth-order valence-corrected chi connectivity index (χ4v) is 8.48. The first-order valence-electron chi connectivity index (χ1n) is 8.49. The molecule has 0 radical (unpaired) electrons. The van der Waals surface area contributed by atoms with E-state index in [1.807, 2.05) is 27.7 Å². The number of aliphatic carboxylic acids is 2. The van der Waals surface area contributed by atoms with Crippen molar-refractivity contribution in [2.24, 2.45) is 28.1 Å². The van der Waals surface area contributed by atoms with Crippen molar-refractivity contribution in [2.45, 2.75) is 40.6 Å². The van der Waals surface area contributed by atoms with Crippen molar-refractivity contribution in [3.8, 4) is 0 Å². The number of carbonyl (C=O) groups is 2. The van der Waals surface area contributed by atoms with Crippen molar-refractivity contribution in [3.63, 3.8) is 0 Å². The molecule has 0 bridgehead atoms. The summed E-state index contributed by atoms with van der Waals surface area (Å²) in [7, 11) is 0. The highest BCUT2D eigenvalue weighted by atomic mass is 79.9. The molecule has 0 saturated heterocycles. The SMILES string of the molecule is CC(C)(CBr)C(Br)(Br)C1CC=CC(C(=O)O)(C(Br)(Br)C(C)(C)CBr)C1C(=O)O. The van der Waals surface area contributed by atoms with E-state index in [2.05, 4.69) is 95.6 Å². The number of halogens is 6. The normalized spacial score (nSPS) is 26.9. The molecule has 0 heterocycles. The van der Waals surface area contributed by atoms with Crippen molar-refractivity contribution >= 4 is 108 Å². The lowest BCUT2D eigenvalue weighted by Gasteiger charge is -2.55. The molecule has 0 saturated carbocycles. The second-order valence-electron chi connectivity index (χ2n) is 8.47. The first kappa shape index (κ1) is 27.6. The summed E-state index contributed by atoms with van der Waals surface area (Å²) in [5.74, 6) is -4.11. The van der Waals surface area contributed by atoms with Gasteiger partial charge in [-0.3, -0.25) is 9.59 Å². The van der Waals surface area contributed by atoms with E-state index in [9.17, 15) is 19.8 Å². The van der Waals surface area contributed by atoms with Crippen molar-refractivity contribution in [3.05, 3.63) is 12.2 Å². The molecule has 3 atom stereocenters. The van der Waals surface area contributed by atoms with Gasteiger partial charge < -0.3 is 10.2 Å². The largest absolute Gasteiger partial charge is 0.481 e. The molecule has 162 valence electrons. The average Bonchev–Trinajstić information content (AvgIpc) is 2.59. The van der Waals surface area contributed by atoms with Crippen LogP contribution in [0.25, 0.3) is 0 Å². The zero-order valence-electron chi connectivity index (χ0n) is 15.9. The van der Waals surface area contributed by atoms with Crippen LogP contribution in [0.2, 0.25) is 0 Å². The van der Waals surface area contributed by atoms with Gasteiger partial charge >= 0.3 is 11.9 Å². The molecule has 0 aromatic rings. The van der Waals surface area contributed by atoms with Crippen LogP contribution in [-0.4, -0.2) is 39.3 Å². The van der Waals surface area contributed by atoms with Crippen LogP contribution in [0.5, 0.6) is 0 Å². The van der Waals surface area contributed by atoms with Crippen LogP contribution in [-0.2, 0) is 9.59 Å². The highest BCUT2D eigenvalue weighted by molar-refractivity contribution is 9.25. The molecule has 1 rings (SSSR count). The van der Waals surface area contributed by atoms with Crippen LogP contribution >= 0.6 is 95.6 Å². The lowest BCUT2D eigenvalue weighted by atomic mass is 9.57.